The number of anilines is 4. The number of hydrogen-bond donors (Lipinski definition) is 2. The summed E-state index contributed by atoms with van der Waals surface area (Å²) in [6, 6.07) is 51.6. The molecule has 6 aromatic carbocycles. The lowest BCUT2D eigenvalue weighted by Gasteiger charge is -2.18. The predicted molar refractivity (Wildman–Crippen MR) is 172 cm³/mol. The highest BCUT2D eigenvalue weighted by atomic mass is 14.9. The molecule has 6 aromatic rings. The molecule has 2 N–H and O–H groups in total. The normalized spacial score (nSPS) is 10.8. The van der Waals surface area contributed by atoms with Crippen LogP contribution < -0.4 is 10.6 Å². The lowest BCUT2D eigenvalue weighted by Crippen LogP contribution is -1.96. The van der Waals surface area contributed by atoms with E-state index in [0.717, 1.165) is 22.7 Å². The molecule has 40 heavy (non-hydrogen) atoms. The van der Waals surface area contributed by atoms with Gasteiger partial charge in [0.1, 0.15) is 0 Å². The Morgan fingerprint density at radius 2 is 0.725 bits per heavy atom. The molecule has 0 heterocycles. The van der Waals surface area contributed by atoms with Gasteiger partial charge in [-0.2, -0.15) is 0 Å². The molecular weight excluding hydrogens is 484 g/mol. The van der Waals surface area contributed by atoms with Crippen molar-refractivity contribution in [2.24, 2.45) is 0 Å². The fourth-order valence-electron chi connectivity index (χ4n) is 5.21. The Balaban J connectivity index is 1.48. The molecule has 0 unspecified atom stereocenters. The zero-order chi connectivity index (χ0) is 27.3. The minimum atomic E-state index is 1.06. The summed E-state index contributed by atoms with van der Waals surface area (Å²) in [7, 11) is 0. The van der Waals surface area contributed by atoms with Crippen LogP contribution in [-0.2, 0) is 0 Å². The lowest BCUT2D eigenvalue weighted by molar-refractivity contribution is 1.44. The van der Waals surface area contributed by atoms with Crippen LogP contribution >= 0.6 is 0 Å². The van der Waals surface area contributed by atoms with Crippen molar-refractivity contribution in [3.63, 3.8) is 0 Å². The summed E-state index contributed by atoms with van der Waals surface area (Å²) >= 11 is 0. The molecular formula is C38H32N2. The number of rotatable bonds is 7. The van der Waals surface area contributed by atoms with Gasteiger partial charge in [0.25, 0.3) is 0 Å². The van der Waals surface area contributed by atoms with Gasteiger partial charge in [-0.25, -0.2) is 0 Å². The van der Waals surface area contributed by atoms with Crippen molar-refractivity contribution in [2.75, 3.05) is 10.6 Å². The molecule has 0 aromatic heterocycles. The lowest BCUT2D eigenvalue weighted by atomic mass is 9.88. The van der Waals surface area contributed by atoms with Gasteiger partial charge in [-0.3, -0.25) is 0 Å². The number of benzene rings is 6. The van der Waals surface area contributed by atoms with Gasteiger partial charge < -0.3 is 10.6 Å². The molecule has 0 bridgehead atoms. The molecule has 194 valence electrons. The Morgan fingerprint density at radius 3 is 1.12 bits per heavy atom. The molecule has 0 fully saturated rings. The van der Waals surface area contributed by atoms with E-state index in [4.69, 9.17) is 0 Å². The van der Waals surface area contributed by atoms with Crippen molar-refractivity contribution >= 4 is 22.7 Å². The molecule has 0 amide bonds. The van der Waals surface area contributed by atoms with Crippen molar-refractivity contribution in [2.45, 2.75) is 13.8 Å². The molecule has 0 aliphatic rings. The first-order chi connectivity index (χ1) is 19.6. The van der Waals surface area contributed by atoms with E-state index in [1.807, 2.05) is 0 Å². The van der Waals surface area contributed by atoms with Gasteiger partial charge in [0.05, 0.1) is 0 Å². The molecule has 0 aliphatic carbocycles. The third-order valence-corrected chi connectivity index (χ3v) is 7.11. The monoisotopic (exact) mass is 516 g/mol. The van der Waals surface area contributed by atoms with E-state index in [2.05, 4.69) is 170 Å². The van der Waals surface area contributed by atoms with Crippen LogP contribution in [0, 0.1) is 13.8 Å². The van der Waals surface area contributed by atoms with Crippen LogP contribution in [0.5, 0.6) is 0 Å². The van der Waals surface area contributed by atoms with E-state index in [0.29, 0.717) is 0 Å². The van der Waals surface area contributed by atoms with E-state index in [1.54, 1.807) is 0 Å². The first-order valence-corrected chi connectivity index (χ1v) is 13.7. The SMILES string of the molecule is Cc1cccc(Nc2ccc(-c3ccc(Nc4cccc(C)c4)cc3-c3ccccc3)c(-c3ccccc3)c2)c1. The minimum absolute atomic E-state index is 1.06. The van der Waals surface area contributed by atoms with Gasteiger partial charge in [-0.15, -0.1) is 0 Å². The summed E-state index contributed by atoms with van der Waals surface area (Å²) in [6.07, 6.45) is 0. The van der Waals surface area contributed by atoms with Gasteiger partial charge in [0.2, 0.25) is 0 Å². The second kappa shape index (κ2) is 11.3. The quantitative estimate of drug-likeness (QED) is 0.220. The van der Waals surface area contributed by atoms with Gasteiger partial charge in [0, 0.05) is 22.7 Å². The second-order valence-electron chi connectivity index (χ2n) is 10.2. The number of aryl methyl sites for hydroxylation is 2. The predicted octanol–water partition coefficient (Wildman–Crippen LogP) is 10.8. The maximum atomic E-state index is 3.61. The van der Waals surface area contributed by atoms with Crippen molar-refractivity contribution in [1.29, 1.82) is 0 Å². The largest absolute Gasteiger partial charge is 0.356 e. The van der Waals surface area contributed by atoms with Crippen LogP contribution in [0.2, 0.25) is 0 Å². The van der Waals surface area contributed by atoms with E-state index >= 15 is 0 Å². The highest BCUT2D eigenvalue weighted by Gasteiger charge is 2.15. The minimum Gasteiger partial charge on any atom is -0.356 e. The van der Waals surface area contributed by atoms with Gasteiger partial charge in [-0.05, 0) is 107 Å². The van der Waals surface area contributed by atoms with Crippen LogP contribution in [0.1, 0.15) is 11.1 Å². The maximum Gasteiger partial charge on any atom is 0.0390 e. The van der Waals surface area contributed by atoms with Crippen molar-refractivity contribution in [1.82, 2.24) is 0 Å². The molecule has 0 spiro atoms. The molecule has 2 heteroatoms. The van der Waals surface area contributed by atoms with Crippen LogP contribution in [0.15, 0.2) is 146 Å². The van der Waals surface area contributed by atoms with Crippen LogP contribution in [0.3, 0.4) is 0 Å². The highest BCUT2D eigenvalue weighted by Crippen LogP contribution is 2.41. The summed E-state index contributed by atoms with van der Waals surface area (Å²) < 4.78 is 0. The Labute approximate surface area is 237 Å². The Bertz CT molecular complexity index is 1620. The Kier molecular flexibility index (Phi) is 7.15. The molecule has 0 saturated carbocycles. The summed E-state index contributed by atoms with van der Waals surface area (Å²) in [5, 5.41) is 7.22. The molecule has 0 saturated heterocycles. The highest BCUT2D eigenvalue weighted by molar-refractivity contribution is 5.94. The summed E-state index contributed by atoms with van der Waals surface area (Å²) in [5.41, 5.74) is 13.9. The van der Waals surface area contributed by atoms with Crippen molar-refractivity contribution in [3.8, 4) is 33.4 Å². The second-order valence-corrected chi connectivity index (χ2v) is 10.2. The summed E-state index contributed by atoms with van der Waals surface area (Å²) in [4.78, 5) is 0. The van der Waals surface area contributed by atoms with Gasteiger partial charge in [0.15, 0.2) is 0 Å². The van der Waals surface area contributed by atoms with E-state index in [1.165, 1.54) is 44.5 Å². The fourth-order valence-corrected chi connectivity index (χ4v) is 5.21. The molecule has 6 rings (SSSR count). The standard InChI is InChI=1S/C38H32N2/c1-27-11-9-17-31(23-27)39-33-19-21-35(37(25-33)29-13-5-3-6-14-29)36-22-20-34(40-32-18-10-12-28(2)24-32)26-38(36)30-15-7-4-8-16-30/h3-26,39-40H,1-2H3. The summed E-state index contributed by atoms with van der Waals surface area (Å²) in [6.45, 7) is 4.23. The zero-order valence-corrected chi connectivity index (χ0v) is 22.9. The Morgan fingerprint density at radius 1 is 0.325 bits per heavy atom. The number of hydrogen-bond acceptors (Lipinski definition) is 2. The Hall–Kier alpha value is -5.08. The fraction of sp³-hybridized carbons (Fsp3) is 0.0526. The van der Waals surface area contributed by atoms with E-state index in [9.17, 15) is 0 Å². The molecule has 0 radical (unpaired) electrons. The molecule has 0 atom stereocenters. The first-order valence-electron chi connectivity index (χ1n) is 13.7. The zero-order valence-electron chi connectivity index (χ0n) is 22.9. The third-order valence-electron chi connectivity index (χ3n) is 7.11. The van der Waals surface area contributed by atoms with Gasteiger partial charge in [-0.1, -0.05) is 97.1 Å². The van der Waals surface area contributed by atoms with Crippen LogP contribution in [-0.4, -0.2) is 0 Å². The maximum absolute atomic E-state index is 3.61. The average Bonchev–Trinajstić information content (AvgIpc) is 2.98. The number of nitrogens with one attached hydrogen (secondary N) is 2. The smallest absolute Gasteiger partial charge is 0.0390 e. The van der Waals surface area contributed by atoms with Crippen LogP contribution in [0.25, 0.3) is 33.4 Å². The van der Waals surface area contributed by atoms with E-state index < -0.39 is 0 Å². The summed E-state index contributed by atoms with van der Waals surface area (Å²) in [5.74, 6) is 0. The van der Waals surface area contributed by atoms with E-state index in [-0.39, 0.29) is 0 Å². The average molecular weight is 517 g/mol. The van der Waals surface area contributed by atoms with Crippen molar-refractivity contribution < 1.29 is 0 Å². The first kappa shape index (κ1) is 25.2. The molecule has 2 nitrogen and oxygen atoms in total. The topological polar surface area (TPSA) is 24.1 Å². The van der Waals surface area contributed by atoms with Crippen LogP contribution in [0.4, 0.5) is 22.7 Å². The third kappa shape index (κ3) is 5.67. The van der Waals surface area contributed by atoms with Gasteiger partial charge >= 0.3 is 0 Å². The van der Waals surface area contributed by atoms with Crippen molar-refractivity contribution in [3.05, 3.63) is 157 Å². The molecule has 0 aliphatic heterocycles.